The highest BCUT2D eigenvalue weighted by Gasteiger charge is 2.31. The van der Waals surface area contributed by atoms with Gasteiger partial charge in [0.05, 0.1) is 24.7 Å². The summed E-state index contributed by atoms with van der Waals surface area (Å²) in [6, 6.07) is 21.7. The van der Waals surface area contributed by atoms with Crippen molar-refractivity contribution in [3.05, 3.63) is 94.9 Å². The molecule has 0 fully saturated rings. The van der Waals surface area contributed by atoms with Gasteiger partial charge < -0.3 is 24.7 Å². The molecule has 0 bridgehead atoms. The SMILES string of the molecule is CCCCCOc1ccc(C(=O)Oc2ccc3c(c2)OC(N)=C(C#N)C3c2ccc(OCCC)cc2)cc1. The van der Waals surface area contributed by atoms with Gasteiger partial charge in [-0.15, -0.1) is 0 Å². The number of esters is 1. The number of hydrogen-bond acceptors (Lipinski definition) is 7. The summed E-state index contributed by atoms with van der Waals surface area (Å²) < 4.78 is 22.8. The van der Waals surface area contributed by atoms with Gasteiger partial charge in [0, 0.05) is 11.6 Å². The van der Waals surface area contributed by atoms with Gasteiger partial charge in [-0.3, -0.25) is 0 Å². The van der Waals surface area contributed by atoms with E-state index in [0.717, 1.165) is 42.6 Å². The molecule has 0 spiro atoms. The molecule has 7 nitrogen and oxygen atoms in total. The number of nitriles is 1. The van der Waals surface area contributed by atoms with Gasteiger partial charge in [0.1, 0.15) is 34.6 Å². The van der Waals surface area contributed by atoms with Crippen LogP contribution < -0.4 is 24.7 Å². The molecule has 1 aliphatic rings. The highest BCUT2D eigenvalue weighted by molar-refractivity contribution is 5.91. The van der Waals surface area contributed by atoms with Crippen molar-refractivity contribution in [1.29, 1.82) is 5.26 Å². The fourth-order valence-corrected chi connectivity index (χ4v) is 4.21. The summed E-state index contributed by atoms with van der Waals surface area (Å²) in [4.78, 5) is 12.8. The van der Waals surface area contributed by atoms with Gasteiger partial charge in [0.25, 0.3) is 0 Å². The van der Waals surface area contributed by atoms with E-state index in [4.69, 9.17) is 24.7 Å². The summed E-state index contributed by atoms with van der Waals surface area (Å²) in [5.74, 6) is 1.32. The minimum atomic E-state index is -0.501. The molecule has 196 valence electrons. The Hall–Kier alpha value is -4.44. The number of benzene rings is 3. The van der Waals surface area contributed by atoms with Crippen molar-refractivity contribution >= 4 is 5.97 Å². The van der Waals surface area contributed by atoms with Crippen LogP contribution in [0.1, 0.15) is 66.9 Å². The predicted octanol–water partition coefficient (Wildman–Crippen LogP) is 6.48. The van der Waals surface area contributed by atoms with E-state index in [0.29, 0.717) is 41.6 Å². The topological polar surface area (TPSA) is 104 Å². The second kappa shape index (κ2) is 12.7. The number of carbonyl (C=O) groups excluding carboxylic acids is 1. The van der Waals surface area contributed by atoms with Crippen molar-refractivity contribution in [2.75, 3.05) is 13.2 Å². The van der Waals surface area contributed by atoms with E-state index in [1.54, 1.807) is 42.5 Å². The summed E-state index contributed by atoms with van der Waals surface area (Å²) in [6.45, 7) is 5.47. The van der Waals surface area contributed by atoms with E-state index in [2.05, 4.69) is 13.0 Å². The van der Waals surface area contributed by atoms with Crippen LogP contribution in [-0.4, -0.2) is 19.2 Å². The van der Waals surface area contributed by atoms with E-state index in [1.807, 2.05) is 31.2 Å². The molecule has 3 aromatic carbocycles. The van der Waals surface area contributed by atoms with Crippen LogP contribution in [0.15, 0.2) is 78.2 Å². The Labute approximate surface area is 223 Å². The number of allylic oxidation sites excluding steroid dienone is 1. The number of fused-ring (bicyclic) bond motifs is 1. The first-order valence-electron chi connectivity index (χ1n) is 12.9. The Kier molecular flexibility index (Phi) is 8.89. The first-order chi connectivity index (χ1) is 18.5. The van der Waals surface area contributed by atoms with E-state index >= 15 is 0 Å². The third kappa shape index (κ3) is 6.27. The molecule has 3 aromatic rings. The Morgan fingerprint density at radius 1 is 0.895 bits per heavy atom. The third-order valence-electron chi connectivity index (χ3n) is 6.19. The summed E-state index contributed by atoms with van der Waals surface area (Å²) in [7, 11) is 0. The van der Waals surface area contributed by atoms with E-state index in [1.165, 1.54) is 0 Å². The molecule has 0 aliphatic carbocycles. The van der Waals surface area contributed by atoms with Crippen molar-refractivity contribution in [3.63, 3.8) is 0 Å². The Morgan fingerprint density at radius 2 is 1.55 bits per heavy atom. The highest BCUT2D eigenvalue weighted by atomic mass is 16.5. The standard InChI is InChI=1S/C31H32N2O5/c1-3-5-6-18-36-24-13-9-22(10-14-24)31(34)37-25-15-16-26-28(19-25)38-30(33)27(20-32)29(26)21-7-11-23(12-8-21)35-17-4-2/h7-16,19,29H,3-6,17-18,33H2,1-2H3. The number of ether oxygens (including phenoxy) is 4. The fourth-order valence-electron chi connectivity index (χ4n) is 4.21. The maximum atomic E-state index is 12.8. The maximum Gasteiger partial charge on any atom is 0.343 e. The minimum Gasteiger partial charge on any atom is -0.494 e. The lowest BCUT2D eigenvalue weighted by Crippen LogP contribution is -2.21. The van der Waals surface area contributed by atoms with Gasteiger partial charge in [0.15, 0.2) is 0 Å². The molecule has 0 amide bonds. The molecule has 7 heteroatoms. The van der Waals surface area contributed by atoms with Crippen LogP contribution in [-0.2, 0) is 0 Å². The normalized spacial score (nSPS) is 14.2. The van der Waals surface area contributed by atoms with Crippen LogP contribution in [0.5, 0.6) is 23.0 Å². The van der Waals surface area contributed by atoms with Crippen LogP contribution >= 0.6 is 0 Å². The van der Waals surface area contributed by atoms with Crippen molar-refractivity contribution in [2.24, 2.45) is 5.73 Å². The quantitative estimate of drug-likeness (QED) is 0.178. The zero-order valence-corrected chi connectivity index (χ0v) is 21.7. The van der Waals surface area contributed by atoms with Crippen molar-refractivity contribution in [1.82, 2.24) is 0 Å². The molecule has 1 aliphatic heterocycles. The lowest BCUT2D eigenvalue weighted by molar-refractivity contribution is 0.0734. The van der Waals surface area contributed by atoms with E-state index in [-0.39, 0.29) is 5.88 Å². The van der Waals surface area contributed by atoms with Crippen LogP contribution in [0.3, 0.4) is 0 Å². The molecule has 2 N–H and O–H groups in total. The first kappa shape index (κ1) is 26.6. The Morgan fingerprint density at radius 3 is 2.21 bits per heavy atom. The van der Waals surface area contributed by atoms with Gasteiger partial charge >= 0.3 is 5.97 Å². The number of unbranched alkanes of at least 4 members (excludes halogenated alkanes) is 2. The summed E-state index contributed by atoms with van der Waals surface area (Å²) in [5.41, 5.74) is 8.48. The van der Waals surface area contributed by atoms with Gasteiger partial charge in [-0.2, -0.15) is 5.26 Å². The highest BCUT2D eigenvalue weighted by Crippen LogP contribution is 2.43. The smallest absolute Gasteiger partial charge is 0.343 e. The molecule has 1 unspecified atom stereocenters. The first-order valence-corrected chi connectivity index (χ1v) is 12.9. The lowest BCUT2D eigenvalue weighted by Gasteiger charge is -2.26. The van der Waals surface area contributed by atoms with Crippen LogP contribution in [0, 0.1) is 11.3 Å². The predicted molar refractivity (Wildman–Crippen MR) is 144 cm³/mol. The second-order valence-corrected chi connectivity index (χ2v) is 9.01. The molecule has 1 atom stereocenters. The molecule has 0 saturated heterocycles. The Bertz CT molecular complexity index is 1320. The number of carbonyl (C=O) groups is 1. The largest absolute Gasteiger partial charge is 0.494 e. The van der Waals surface area contributed by atoms with Crippen molar-refractivity contribution < 1.29 is 23.7 Å². The average molecular weight is 513 g/mol. The number of nitrogens with zero attached hydrogens (tertiary/aromatic N) is 1. The zero-order chi connectivity index (χ0) is 26.9. The van der Waals surface area contributed by atoms with Crippen LogP contribution in [0.2, 0.25) is 0 Å². The number of rotatable bonds is 11. The van der Waals surface area contributed by atoms with Crippen molar-refractivity contribution in [2.45, 2.75) is 45.4 Å². The molecule has 38 heavy (non-hydrogen) atoms. The van der Waals surface area contributed by atoms with Gasteiger partial charge in [-0.25, -0.2) is 4.79 Å². The molecule has 4 rings (SSSR count). The number of hydrogen-bond donors (Lipinski definition) is 1. The monoisotopic (exact) mass is 512 g/mol. The average Bonchev–Trinajstić information content (AvgIpc) is 2.94. The van der Waals surface area contributed by atoms with Gasteiger partial charge in [0.2, 0.25) is 5.88 Å². The summed E-state index contributed by atoms with van der Waals surface area (Å²) in [6.07, 6.45) is 4.16. The molecule has 1 heterocycles. The molecule has 0 radical (unpaired) electrons. The molecular formula is C31H32N2O5. The fraction of sp³-hybridized carbons (Fsp3) is 0.290. The van der Waals surface area contributed by atoms with E-state index < -0.39 is 11.9 Å². The van der Waals surface area contributed by atoms with Crippen LogP contribution in [0.25, 0.3) is 0 Å². The van der Waals surface area contributed by atoms with Crippen LogP contribution in [0.4, 0.5) is 0 Å². The van der Waals surface area contributed by atoms with Gasteiger partial charge in [-0.1, -0.05) is 44.9 Å². The van der Waals surface area contributed by atoms with Crippen molar-refractivity contribution in [3.8, 4) is 29.1 Å². The third-order valence-corrected chi connectivity index (χ3v) is 6.19. The molecule has 0 aromatic heterocycles. The lowest BCUT2D eigenvalue weighted by atomic mass is 9.83. The maximum absolute atomic E-state index is 12.8. The van der Waals surface area contributed by atoms with Gasteiger partial charge in [-0.05, 0) is 60.9 Å². The zero-order valence-electron chi connectivity index (χ0n) is 21.7. The Balaban J connectivity index is 1.50. The van der Waals surface area contributed by atoms with E-state index in [9.17, 15) is 10.1 Å². The summed E-state index contributed by atoms with van der Waals surface area (Å²) in [5, 5.41) is 9.81. The second-order valence-electron chi connectivity index (χ2n) is 9.01. The summed E-state index contributed by atoms with van der Waals surface area (Å²) >= 11 is 0. The molecular weight excluding hydrogens is 480 g/mol. The number of nitrogens with two attached hydrogens (primary N) is 1. The molecule has 0 saturated carbocycles. The minimum absolute atomic E-state index is 0.0225.